The number of rotatable bonds is 5. The number of hydrogen-bond donors (Lipinski definition) is 3. The fraction of sp³-hybridized carbons (Fsp3) is 0.200. The Morgan fingerprint density at radius 1 is 1.10 bits per heavy atom. The molecule has 1 unspecified atom stereocenters. The molecule has 5 nitrogen and oxygen atoms in total. The summed E-state index contributed by atoms with van der Waals surface area (Å²) in [7, 11) is 0. The first kappa shape index (κ1) is 15.2. The van der Waals surface area contributed by atoms with E-state index in [0.717, 1.165) is 16.9 Å². The average molecular weight is 304 g/mol. The lowest BCUT2D eigenvalue weighted by molar-refractivity contribution is 0.0711. The Morgan fingerprint density at radius 2 is 1.71 bits per heavy atom. The quantitative estimate of drug-likeness (QED) is 0.586. The number of carbonyl (C=O) groups excluding carboxylic acids is 2. The fourth-order valence-electron chi connectivity index (χ4n) is 1.87. The largest absolute Gasteiger partial charge is 0.351 e. The molecule has 0 saturated carbocycles. The van der Waals surface area contributed by atoms with E-state index in [1.54, 1.807) is 11.5 Å². The minimum atomic E-state index is -0.614. The van der Waals surface area contributed by atoms with Crippen LogP contribution < -0.4 is 10.8 Å². The Balaban J connectivity index is 1.93. The van der Waals surface area contributed by atoms with Crippen LogP contribution in [0.5, 0.6) is 0 Å². The summed E-state index contributed by atoms with van der Waals surface area (Å²) in [5, 5.41) is 11.4. The number of hydroxylamine groups is 1. The number of benzene rings is 1. The van der Waals surface area contributed by atoms with Crippen molar-refractivity contribution in [1.29, 1.82) is 0 Å². The van der Waals surface area contributed by atoms with E-state index in [-0.39, 0.29) is 11.8 Å². The summed E-state index contributed by atoms with van der Waals surface area (Å²) in [6.45, 7) is 2.55. The van der Waals surface area contributed by atoms with Gasteiger partial charge in [0.2, 0.25) is 0 Å². The summed E-state index contributed by atoms with van der Waals surface area (Å²) in [4.78, 5) is 24.0. The van der Waals surface area contributed by atoms with Crippen LogP contribution in [-0.4, -0.2) is 23.6 Å². The normalized spacial score (nSPS) is 11.7. The van der Waals surface area contributed by atoms with Gasteiger partial charge in [0.15, 0.2) is 0 Å². The maximum absolute atomic E-state index is 12.0. The van der Waals surface area contributed by atoms with E-state index < -0.39 is 5.91 Å². The van der Waals surface area contributed by atoms with Gasteiger partial charge in [0.25, 0.3) is 11.8 Å². The molecule has 1 atom stereocenters. The molecular formula is C15H16N2O3S. The fourth-order valence-corrected chi connectivity index (χ4v) is 2.68. The van der Waals surface area contributed by atoms with Crippen LogP contribution in [0.3, 0.4) is 0 Å². The highest BCUT2D eigenvalue weighted by Gasteiger charge is 2.14. The summed E-state index contributed by atoms with van der Waals surface area (Å²) < 4.78 is 0. The number of thiophene rings is 1. The molecule has 0 aliphatic heterocycles. The van der Waals surface area contributed by atoms with Crippen LogP contribution in [-0.2, 0) is 0 Å². The summed E-state index contributed by atoms with van der Waals surface area (Å²) in [5.74, 6) is -0.633. The van der Waals surface area contributed by atoms with Crippen LogP contribution in [0, 0.1) is 0 Å². The number of nitrogens with one attached hydrogen (secondary N) is 2. The lowest BCUT2D eigenvalue weighted by atomic mass is 10.0. The van der Waals surface area contributed by atoms with Crippen LogP contribution in [0.1, 0.15) is 37.7 Å². The molecule has 3 N–H and O–H groups in total. The zero-order valence-electron chi connectivity index (χ0n) is 11.5. The smallest absolute Gasteiger partial charge is 0.284 e. The SMILES string of the molecule is CC(CNC(=O)c1ccc(C(=O)NO)s1)c1ccccc1. The number of carbonyl (C=O) groups is 2. The molecule has 1 aromatic carbocycles. The third kappa shape index (κ3) is 3.90. The molecule has 1 aromatic heterocycles. The Labute approximate surface area is 126 Å². The van der Waals surface area contributed by atoms with E-state index in [1.807, 2.05) is 37.3 Å². The molecule has 0 fully saturated rings. The molecule has 6 heteroatoms. The molecule has 21 heavy (non-hydrogen) atoms. The van der Waals surface area contributed by atoms with Gasteiger partial charge in [0.1, 0.15) is 0 Å². The van der Waals surface area contributed by atoms with Crippen LogP contribution in [0.15, 0.2) is 42.5 Å². The van der Waals surface area contributed by atoms with Crippen LogP contribution in [0.4, 0.5) is 0 Å². The van der Waals surface area contributed by atoms with Crippen molar-refractivity contribution >= 4 is 23.2 Å². The highest BCUT2D eigenvalue weighted by atomic mass is 32.1. The molecule has 110 valence electrons. The second kappa shape index (κ2) is 7.01. The second-order valence-electron chi connectivity index (χ2n) is 4.63. The number of amides is 2. The third-order valence-corrected chi connectivity index (χ3v) is 4.18. The monoisotopic (exact) mass is 304 g/mol. The highest BCUT2D eigenvalue weighted by molar-refractivity contribution is 7.15. The molecule has 2 aromatic rings. The predicted molar refractivity (Wildman–Crippen MR) is 80.8 cm³/mol. The lowest BCUT2D eigenvalue weighted by Crippen LogP contribution is -2.26. The van der Waals surface area contributed by atoms with Crippen molar-refractivity contribution in [2.24, 2.45) is 0 Å². The maximum Gasteiger partial charge on any atom is 0.284 e. The van der Waals surface area contributed by atoms with E-state index >= 15 is 0 Å². The molecule has 0 aliphatic rings. The number of hydrogen-bond acceptors (Lipinski definition) is 4. The van der Waals surface area contributed by atoms with E-state index in [4.69, 9.17) is 5.21 Å². The molecule has 2 amide bonds. The van der Waals surface area contributed by atoms with E-state index in [1.165, 1.54) is 6.07 Å². The molecule has 0 aliphatic carbocycles. The van der Waals surface area contributed by atoms with Crippen LogP contribution in [0.25, 0.3) is 0 Å². The Hall–Kier alpha value is -2.18. The van der Waals surface area contributed by atoms with E-state index in [2.05, 4.69) is 5.32 Å². The highest BCUT2D eigenvalue weighted by Crippen LogP contribution is 2.17. The van der Waals surface area contributed by atoms with Gasteiger partial charge in [-0.3, -0.25) is 14.8 Å². The predicted octanol–water partition coefficient (Wildman–Crippen LogP) is 2.40. The molecule has 0 bridgehead atoms. The van der Waals surface area contributed by atoms with Gasteiger partial charge in [-0.1, -0.05) is 37.3 Å². The van der Waals surface area contributed by atoms with Crippen molar-refractivity contribution in [1.82, 2.24) is 10.8 Å². The second-order valence-corrected chi connectivity index (χ2v) is 5.71. The Kier molecular flexibility index (Phi) is 5.08. The summed E-state index contributed by atoms with van der Waals surface area (Å²) >= 11 is 1.04. The van der Waals surface area contributed by atoms with Gasteiger partial charge < -0.3 is 5.32 Å². The topological polar surface area (TPSA) is 78.4 Å². The molecular weight excluding hydrogens is 288 g/mol. The van der Waals surface area contributed by atoms with Crippen molar-refractivity contribution in [2.75, 3.05) is 6.54 Å². The van der Waals surface area contributed by atoms with Crippen molar-refractivity contribution in [3.05, 3.63) is 57.8 Å². The third-order valence-electron chi connectivity index (χ3n) is 3.09. The summed E-state index contributed by atoms with van der Waals surface area (Å²) in [6.07, 6.45) is 0. The van der Waals surface area contributed by atoms with Crippen molar-refractivity contribution in [3.8, 4) is 0 Å². The van der Waals surface area contributed by atoms with Gasteiger partial charge in [-0.2, -0.15) is 0 Å². The molecule has 2 rings (SSSR count). The molecule has 0 radical (unpaired) electrons. The maximum atomic E-state index is 12.0. The van der Waals surface area contributed by atoms with Gasteiger partial charge in [-0.05, 0) is 23.6 Å². The zero-order chi connectivity index (χ0) is 15.2. The minimum absolute atomic E-state index is 0.204. The van der Waals surface area contributed by atoms with Crippen molar-refractivity contribution < 1.29 is 14.8 Å². The van der Waals surface area contributed by atoms with Gasteiger partial charge in [-0.15, -0.1) is 11.3 Å². The zero-order valence-corrected chi connectivity index (χ0v) is 12.3. The average Bonchev–Trinajstić information content (AvgIpc) is 3.02. The Morgan fingerprint density at radius 3 is 2.33 bits per heavy atom. The standard InChI is InChI=1S/C15H16N2O3S/c1-10(11-5-3-2-4-6-11)9-16-14(18)12-7-8-13(21-12)15(19)17-20/h2-8,10,20H,9H2,1H3,(H,16,18)(H,17,19). The van der Waals surface area contributed by atoms with Gasteiger partial charge in [0.05, 0.1) is 9.75 Å². The van der Waals surface area contributed by atoms with Crippen molar-refractivity contribution in [3.63, 3.8) is 0 Å². The van der Waals surface area contributed by atoms with E-state index in [9.17, 15) is 9.59 Å². The lowest BCUT2D eigenvalue weighted by Gasteiger charge is -2.12. The Bertz CT molecular complexity index is 625. The van der Waals surface area contributed by atoms with Gasteiger partial charge in [0, 0.05) is 6.54 Å². The van der Waals surface area contributed by atoms with Crippen molar-refractivity contribution in [2.45, 2.75) is 12.8 Å². The first-order valence-corrected chi connectivity index (χ1v) is 7.31. The first-order chi connectivity index (χ1) is 10.1. The van der Waals surface area contributed by atoms with Crippen LogP contribution >= 0.6 is 11.3 Å². The van der Waals surface area contributed by atoms with Crippen LogP contribution in [0.2, 0.25) is 0 Å². The summed E-state index contributed by atoms with van der Waals surface area (Å²) in [5.41, 5.74) is 2.70. The summed E-state index contributed by atoms with van der Waals surface area (Å²) in [6, 6.07) is 13.0. The first-order valence-electron chi connectivity index (χ1n) is 6.49. The van der Waals surface area contributed by atoms with E-state index in [0.29, 0.717) is 16.3 Å². The molecule has 1 heterocycles. The van der Waals surface area contributed by atoms with Gasteiger partial charge in [-0.25, -0.2) is 5.48 Å². The molecule has 0 spiro atoms. The minimum Gasteiger partial charge on any atom is -0.351 e. The molecule has 0 saturated heterocycles. The van der Waals surface area contributed by atoms with Gasteiger partial charge >= 0.3 is 0 Å².